The second-order valence-electron chi connectivity index (χ2n) is 4.56. The van der Waals surface area contributed by atoms with E-state index in [1.165, 1.54) is 24.3 Å². The van der Waals surface area contributed by atoms with Crippen LogP contribution in [0.1, 0.15) is 11.4 Å². The fraction of sp³-hybridized carbons (Fsp3) is 0.250. The van der Waals surface area contributed by atoms with Crippen LogP contribution in [-0.4, -0.2) is 31.1 Å². The summed E-state index contributed by atoms with van der Waals surface area (Å²) in [6.45, 7) is -0.258. The molecule has 136 valence electrons. The van der Waals surface area contributed by atoms with Crippen molar-refractivity contribution in [1.29, 1.82) is 0 Å². The lowest BCUT2D eigenvalue weighted by Crippen LogP contribution is -2.27. The average Bonchev–Trinajstić information content (AvgIpc) is 2.95. The number of nitrogens with zero attached hydrogens (tertiary/aromatic N) is 2. The van der Waals surface area contributed by atoms with Crippen LogP contribution in [0.4, 0.5) is 18.3 Å². The summed E-state index contributed by atoms with van der Waals surface area (Å²) in [5.74, 6) is -0.710. The quantitative estimate of drug-likeness (QED) is 0.756. The first-order chi connectivity index (χ1) is 11.6. The van der Waals surface area contributed by atoms with Crippen molar-refractivity contribution >= 4 is 44.0 Å². The number of rotatable bonds is 6. The summed E-state index contributed by atoms with van der Waals surface area (Å²) >= 11 is 5.88. The summed E-state index contributed by atoms with van der Waals surface area (Å²) in [5, 5.41) is 6.95. The van der Waals surface area contributed by atoms with E-state index in [1.807, 2.05) is 0 Å². The lowest BCUT2D eigenvalue weighted by Gasteiger charge is -2.06. The van der Waals surface area contributed by atoms with Crippen molar-refractivity contribution < 1.29 is 26.4 Å². The Bertz CT molecular complexity index is 870. The van der Waals surface area contributed by atoms with Crippen LogP contribution in [0.25, 0.3) is 0 Å². The first kappa shape index (κ1) is 19.6. The van der Waals surface area contributed by atoms with Crippen LogP contribution < -0.4 is 10.0 Å². The molecule has 0 fully saturated rings. The van der Waals surface area contributed by atoms with Crippen molar-refractivity contribution in [2.24, 2.45) is 0 Å². The number of halogens is 4. The predicted molar refractivity (Wildman–Crippen MR) is 84.8 cm³/mol. The molecule has 0 radical (unpaired) electrons. The number of carbonyl (C=O) groups is 1. The second-order valence-corrected chi connectivity index (χ2v) is 7.74. The zero-order valence-electron chi connectivity index (χ0n) is 12.2. The van der Waals surface area contributed by atoms with Gasteiger partial charge in [-0.25, -0.2) is 13.1 Å². The lowest BCUT2D eigenvalue weighted by atomic mass is 10.4. The molecule has 1 aromatic carbocycles. The van der Waals surface area contributed by atoms with Crippen LogP contribution >= 0.6 is 22.9 Å². The molecule has 0 saturated carbocycles. The van der Waals surface area contributed by atoms with E-state index in [9.17, 15) is 26.4 Å². The molecule has 0 aliphatic heterocycles. The summed E-state index contributed by atoms with van der Waals surface area (Å²) in [4.78, 5) is 11.6. The van der Waals surface area contributed by atoms with E-state index in [0.29, 0.717) is 0 Å². The monoisotopic (exact) mass is 414 g/mol. The molecule has 0 aliphatic carbocycles. The molecular weight excluding hydrogens is 405 g/mol. The Morgan fingerprint density at radius 1 is 1.28 bits per heavy atom. The maximum absolute atomic E-state index is 12.4. The highest BCUT2D eigenvalue weighted by Crippen LogP contribution is 2.32. The van der Waals surface area contributed by atoms with Gasteiger partial charge in [-0.3, -0.25) is 4.79 Å². The fourth-order valence-corrected chi connectivity index (χ4v) is 3.55. The predicted octanol–water partition coefficient (Wildman–Crippen LogP) is 2.52. The van der Waals surface area contributed by atoms with Crippen LogP contribution in [0.3, 0.4) is 0 Å². The van der Waals surface area contributed by atoms with Crippen LogP contribution in [0.2, 0.25) is 5.02 Å². The number of aromatic nitrogens is 2. The van der Waals surface area contributed by atoms with Crippen molar-refractivity contribution in [3.8, 4) is 0 Å². The molecule has 0 bridgehead atoms. The summed E-state index contributed by atoms with van der Waals surface area (Å²) in [7, 11) is -3.86. The molecule has 2 aromatic rings. The Balaban J connectivity index is 1.87. The standard InChI is InChI=1S/C12H10ClF3N4O3S2/c13-7-2-1-3-8(6-7)25(22,23)17-5-4-9(21)18-11-20-19-10(24-11)12(14,15)16/h1-3,6,17H,4-5H2,(H,18,20,21). The van der Waals surface area contributed by atoms with Gasteiger partial charge in [0.2, 0.25) is 26.1 Å². The normalized spacial score (nSPS) is 12.2. The minimum atomic E-state index is -4.65. The summed E-state index contributed by atoms with van der Waals surface area (Å²) < 4.78 is 63.3. The van der Waals surface area contributed by atoms with E-state index in [4.69, 9.17) is 11.6 Å². The molecule has 0 atom stereocenters. The van der Waals surface area contributed by atoms with Gasteiger partial charge < -0.3 is 5.32 Å². The van der Waals surface area contributed by atoms with Gasteiger partial charge in [-0.05, 0) is 18.2 Å². The summed E-state index contributed by atoms with van der Waals surface area (Å²) in [6.07, 6.45) is -4.95. The van der Waals surface area contributed by atoms with Crippen LogP contribution in [0.15, 0.2) is 29.2 Å². The third-order valence-electron chi connectivity index (χ3n) is 2.66. The number of amides is 1. The Hall–Kier alpha value is -1.76. The molecule has 2 N–H and O–H groups in total. The van der Waals surface area contributed by atoms with Gasteiger partial charge in [0, 0.05) is 18.0 Å². The number of carbonyl (C=O) groups excluding carboxylic acids is 1. The Morgan fingerprint density at radius 2 is 2.00 bits per heavy atom. The minimum Gasteiger partial charge on any atom is -0.300 e. The minimum absolute atomic E-state index is 0.0700. The van der Waals surface area contributed by atoms with Gasteiger partial charge in [0.15, 0.2) is 0 Å². The number of sulfonamides is 1. The molecule has 0 spiro atoms. The van der Waals surface area contributed by atoms with E-state index in [-0.39, 0.29) is 39.4 Å². The highest BCUT2D eigenvalue weighted by atomic mass is 35.5. The van der Waals surface area contributed by atoms with Gasteiger partial charge in [0.1, 0.15) is 0 Å². The molecule has 2 rings (SSSR count). The summed E-state index contributed by atoms with van der Waals surface area (Å²) in [5.41, 5.74) is 0. The van der Waals surface area contributed by atoms with Gasteiger partial charge in [-0.1, -0.05) is 29.0 Å². The van der Waals surface area contributed by atoms with Crippen LogP contribution in [0.5, 0.6) is 0 Å². The van der Waals surface area contributed by atoms with Gasteiger partial charge in [-0.2, -0.15) is 13.2 Å². The van der Waals surface area contributed by atoms with Gasteiger partial charge in [0.05, 0.1) is 4.90 Å². The van der Waals surface area contributed by atoms with Crippen molar-refractivity contribution in [2.45, 2.75) is 17.5 Å². The third-order valence-corrected chi connectivity index (χ3v) is 5.24. The zero-order chi connectivity index (χ0) is 18.7. The van der Waals surface area contributed by atoms with Gasteiger partial charge in [0.25, 0.3) is 0 Å². The molecule has 0 aliphatic rings. The molecule has 25 heavy (non-hydrogen) atoms. The molecule has 1 aromatic heterocycles. The SMILES string of the molecule is O=C(CCNS(=O)(=O)c1cccc(Cl)c1)Nc1nnc(C(F)(F)F)s1. The highest BCUT2D eigenvalue weighted by Gasteiger charge is 2.35. The largest absolute Gasteiger partial charge is 0.445 e. The van der Waals surface area contributed by atoms with E-state index < -0.39 is 27.1 Å². The second kappa shape index (κ2) is 7.64. The molecule has 0 saturated heterocycles. The van der Waals surface area contributed by atoms with Crippen molar-refractivity contribution in [3.05, 3.63) is 34.3 Å². The molecule has 1 amide bonds. The molecule has 7 nitrogen and oxygen atoms in total. The Morgan fingerprint density at radius 3 is 2.60 bits per heavy atom. The number of alkyl halides is 3. The van der Waals surface area contributed by atoms with E-state index in [0.717, 1.165) is 0 Å². The molecular formula is C12H10ClF3N4O3S2. The molecule has 13 heteroatoms. The van der Waals surface area contributed by atoms with Crippen LogP contribution in [0, 0.1) is 0 Å². The number of hydrogen-bond acceptors (Lipinski definition) is 6. The van der Waals surface area contributed by atoms with Crippen LogP contribution in [-0.2, 0) is 21.0 Å². The Kier molecular flexibility index (Phi) is 5.98. The van der Waals surface area contributed by atoms with Crippen molar-refractivity contribution in [2.75, 3.05) is 11.9 Å². The smallest absolute Gasteiger partial charge is 0.300 e. The average molecular weight is 415 g/mol. The van der Waals surface area contributed by atoms with E-state index in [1.54, 1.807) is 0 Å². The number of benzene rings is 1. The van der Waals surface area contributed by atoms with E-state index in [2.05, 4.69) is 20.2 Å². The molecule has 1 heterocycles. The summed E-state index contributed by atoms with van der Waals surface area (Å²) in [6, 6.07) is 5.53. The van der Waals surface area contributed by atoms with Gasteiger partial charge >= 0.3 is 6.18 Å². The number of nitrogens with one attached hydrogen (secondary N) is 2. The van der Waals surface area contributed by atoms with Gasteiger partial charge in [-0.15, -0.1) is 10.2 Å². The Labute approximate surface area is 149 Å². The fourth-order valence-electron chi connectivity index (χ4n) is 1.59. The first-order valence-corrected chi connectivity index (χ1v) is 9.21. The maximum atomic E-state index is 12.4. The first-order valence-electron chi connectivity index (χ1n) is 6.54. The van der Waals surface area contributed by atoms with Crippen molar-refractivity contribution in [1.82, 2.24) is 14.9 Å². The lowest BCUT2D eigenvalue weighted by molar-refractivity contribution is -0.138. The van der Waals surface area contributed by atoms with E-state index >= 15 is 0 Å². The third kappa shape index (κ3) is 5.63. The number of anilines is 1. The maximum Gasteiger partial charge on any atom is 0.445 e. The number of hydrogen-bond donors (Lipinski definition) is 2. The molecule has 0 unspecified atom stereocenters. The zero-order valence-corrected chi connectivity index (χ0v) is 14.6. The highest BCUT2D eigenvalue weighted by molar-refractivity contribution is 7.89. The topological polar surface area (TPSA) is 101 Å². The van der Waals surface area contributed by atoms with Crippen molar-refractivity contribution in [3.63, 3.8) is 0 Å².